The third kappa shape index (κ3) is 1.20. The summed E-state index contributed by atoms with van der Waals surface area (Å²) in [5.74, 6) is 0.205. The molecule has 0 atom stereocenters. The van der Waals surface area contributed by atoms with Gasteiger partial charge in [-0.1, -0.05) is 25.4 Å². The molecule has 0 spiro atoms. The highest BCUT2D eigenvalue weighted by Crippen LogP contribution is 2.37. The van der Waals surface area contributed by atoms with Crippen molar-refractivity contribution in [2.45, 2.75) is 26.7 Å². The van der Waals surface area contributed by atoms with Crippen LogP contribution in [-0.4, -0.2) is 10.8 Å². The predicted molar refractivity (Wildman–Crippen MR) is 52.2 cm³/mol. The number of halogens is 1. The summed E-state index contributed by atoms with van der Waals surface area (Å²) in [6, 6.07) is 0. The second-order valence-electron chi connectivity index (χ2n) is 4.21. The smallest absolute Gasteiger partial charge is 0.170 e. The first-order valence-corrected chi connectivity index (χ1v) is 4.81. The van der Waals surface area contributed by atoms with E-state index < -0.39 is 0 Å². The van der Waals surface area contributed by atoms with Crippen molar-refractivity contribution in [2.24, 2.45) is 5.41 Å². The number of aromatic amines is 1. The molecule has 70 valence electrons. The number of carbonyl (C=O) groups excluding carboxylic acids is 1. The van der Waals surface area contributed by atoms with Gasteiger partial charge < -0.3 is 4.98 Å². The Morgan fingerprint density at radius 1 is 1.54 bits per heavy atom. The third-order valence-electron chi connectivity index (χ3n) is 2.79. The first-order chi connectivity index (χ1) is 6.02. The lowest BCUT2D eigenvalue weighted by molar-refractivity contribution is 0.0812. The molecule has 1 aromatic heterocycles. The molecule has 0 saturated carbocycles. The summed E-state index contributed by atoms with van der Waals surface area (Å²) in [5.41, 5.74) is 1.55. The maximum atomic E-state index is 11.9. The highest BCUT2D eigenvalue weighted by Gasteiger charge is 2.35. The third-order valence-corrected chi connectivity index (χ3v) is 3.13. The molecule has 2 nitrogen and oxygen atoms in total. The number of H-pyrrole nitrogens is 1. The van der Waals surface area contributed by atoms with Crippen LogP contribution in [0.2, 0.25) is 5.15 Å². The molecule has 0 radical (unpaired) electrons. The van der Waals surface area contributed by atoms with E-state index in [-0.39, 0.29) is 11.2 Å². The Balaban J connectivity index is 2.53. The van der Waals surface area contributed by atoms with Crippen LogP contribution in [0.25, 0.3) is 0 Å². The molecule has 1 aliphatic carbocycles. The van der Waals surface area contributed by atoms with Crippen LogP contribution in [0.3, 0.4) is 0 Å². The van der Waals surface area contributed by atoms with Gasteiger partial charge in [-0.05, 0) is 18.4 Å². The normalized spacial score (nSPS) is 20.1. The van der Waals surface area contributed by atoms with Gasteiger partial charge in [-0.25, -0.2) is 0 Å². The lowest BCUT2D eigenvalue weighted by Crippen LogP contribution is -2.29. The number of ketones is 1. The minimum atomic E-state index is -0.224. The number of rotatable bonds is 0. The minimum Gasteiger partial charge on any atom is -0.351 e. The molecule has 0 aromatic carbocycles. The number of aromatic nitrogens is 1. The molecule has 13 heavy (non-hydrogen) atoms. The topological polar surface area (TPSA) is 32.9 Å². The number of hydrogen-bond donors (Lipinski definition) is 1. The van der Waals surface area contributed by atoms with Gasteiger partial charge in [0.2, 0.25) is 0 Å². The van der Waals surface area contributed by atoms with Gasteiger partial charge in [-0.2, -0.15) is 0 Å². The number of Topliss-reactive ketones (excluding diaryl/α,β-unsaturated/α-hetero) is 1. The molecule has 1 heterocycles. The van der Waals surface area contributed by atoms with Crippen LogP contribution in [0.4, 0.5) is 0 Å². The summed E-state index contributed by atoms with van der Waals surface area (Å²) in [6.45, 7) is 3.97. The fraction of sp³-hybridized carbons (Fsp3) is 0.500. The molecule has 0 amide bonds. The van der Waals surface area contributed by atoms with E-state index in [1.807, 2.05) is 13.8 Å². The van der Waals surface area contributed by atoms with E-state index in [4.69, 9.17) is 11.6 Å². The highest BCUT2D eigenvalue weighted by atomic mass is 35.5. The van der Waals surface area contributed by atoms with Crippen molar-refractivity contribution in [3.05, 3.63) is 22.5 Å². The molecular formula is C10H12ClNO. The molecule has 0 fully saturated rings. The molecule has 1 aliphatic rings. The predicted octanol–water partition coefficient (Wildman–Crippen LogP) is 2.82. The number of fused-ring (bicyclic) bond motifs is 1. The van der Waals surface area contributed by atoms with E-state index >= 15 is 0 Å². The number of hydrogen-bond acceptors (Lipinski definition) is 1. The van der Waals surface area contributed by atoms with Gasteiger partial charge in [-0.15, -0.1) is 0 Å². The van der Waals surface area contributed by atoms with Crippen molar-refractivity contribution < 1.29 is 4.79 Å². The average Bonchev–Trinajstić information content (AvgIpc) is 2.41. The van der Waals surface area contributed by atoms with Crippen LogP contribution in [0.5, 0.6) is 0 Å². The van der Waals surface area contributed by atoms with E-state index in [2.05, 4.69) is 4.98 Å². The molecule has 0 saturated heterocycles. The maximum Gasteiger partial charge on any atom is 0.170 e. The molecular weight excluding hydrogens is 186 g/mol. The summed E-state index contributed by atoms with van der Waals surface area (Å²) in [5, 5.41) is 0.624. The van der Waals surface area contributed by atoms with Crippen LogP contribution in [0.15, 0.2) is 6.20 Å². The molecule has 3 heteroatoms. The van der Waals surface area contributed by atoms with Crippen molar-refractivity contribution in [3.63, 3.8) is 0 Å². The van der Waals surface area contributed by atoms with Crippen LogP contribution in [0.1, 0.15) is 36.2 Å². The fourth-order valence-corrected chi connectivity index (χ4v) is 2.04. The van der Waals surface area contributed by atoms with Crippen LogP contribution < -0.4 is 0 Å². The van der Waals surface area contributed by atoms with Gasteiger partial charge in [0.1, 0.15) is 5.15 Å². The molecule has 1 N–H and O–H groups in total. The van der Waals surface area contributed by atoms with Gasteiger partial charge in [-0.3, -0.25) is 4.79 Å². The lowest BCUT2D eigenvalue weighted by atomic mass is 9.75. The van der Waals surface area contributed by atoms with Gasteiger partial charge >= 0.3 is 0 Å². The Labute approximate surface area is 82.3 Å². The monoisotopic (exact) mass is 197 g/mol. The molecule has 2 rings (SSSR count). The first-order valence-electron chi connectivity index (χ1n) is 4.43. The largest absolute Gasteiger partial charge is 0.351 e. The average molecular weight is 198 g/mol. The zero-order valence-corrected chi connectivity index (χ0v) is 8.53. The summed E-state index contributed by atoms with van der Waals surface area (Å²) < 4.78 is 0. The Hall–Kier alpha value is -0.760. The van der Waals surface area contributed by atoms with Gasteiger partial charge in [0, 0.05) is 17.2 Å². The van der Waals surface area contributed by atoms with Gasteiger partial charge in [0.05, 0.1) is 0 Å². The summed E-state index contributed by atoms with van der Waals surface area (Å²) in [4.78, 5) is 14.8. The zero-order valence-electron chi connectivity index (χ0n) is 7.78. The fourth-order valence-electron chi connectivity index (χ4n) is 1.79. The SMILES string of the molecule is CC1(C)CCc2c(c[nH]c2Cl)C1=O. The molecule has 0 unspecified atom stereocenters. The van der Waals surface area contributed by atoms with Crippen molar-refractivity contribution in [2.75, 3.05) is 0 Å². The first kappa shape index (κ1) is 8.82. The minimum absolute atomic E-state index is 0.205. The molecule has 1 aromatic rings. The van der Waals surface area contributed by atoms with E-state index in [0.717, 1.165) is 24.0 Å². The van der Waals surface area contributed by atoms with Gasteiger partial charge in [0.25, 0.3) is 0 Å². The Morgan fingerprint density at radius 3 is 2.92 bits per heavy atom. The van der Waals surface area contributed by atoms with Gasteiger partial charge in [0.15, 0.2) is 5.78 Å². The quantitative estimate of drug-likeness (QED) is 0.682. The van der Waals surface area contributed by atoms with Crippen molar-refractivity contribution in [1.82, 2.24) is 4.98 Å². The van der Waals surface area contributed by atoms with Crippen molar-refractivity contribution >= 4 is 17.4 Å². The summed E-state index contributed by atoms with van der Waals surface area (Å²) in [7, 11) is 0. The molecule has 0 aliphatic heterocycles. The Kier molecular flexibility index (Phi) is 1.77. The van der Waals surface area contributed by atoms with E-state index in [9.17, 15) is 4.79 Å². The van der Waals surface area contributed by atoms with Crippen LogP contribution >= 0.6 is 11.6 Å². The lowest BCUT2D eigenvalue weighted by Gasteiger charge is -2.27. The van der Waals surface area contributed by atoms with E-state index in [1.165, 1.54) is 0 Å². The van der Waals surface area contributed by atoms with Crippen molar-refractivity contribution in [3.8, 4) is 0 Å². The maximum absolute atomic E-state index is 11.9. The zero-order chi connectivity index (χ0) is 9.64. The number of carbonyl (C=O) groups is 1. The van der Waals surface area contributed by atoms with E-state index in [0.29, 0.717) is 5.15 Å². The summed E-state index contributed by atoms with van der Waals surface area (Å²) >= 11 is 5.91. The van der Waals surface area contributed by atoms with Crippen LogP contribution in [0, 0.1) is 5.41 Å². The van der Waals surface area contributed by atoms with E-state index in [1.54, 1.807) is 6.20 Å². The Morgan fingerprint density at radius 2 is 2.23 bits per heavy atom. The molecule has 0 bridgehead atoms. The standard InChI is InChI=1S/C10H12ClNO/c1-10(2)4-3-6-7(8(10)13)5-12-9(6)11/h5,12H,3-4H2,1-2H3. The van der Waals surface area contributed by atoms with Crippen molar-refractivity contribution in [1.29, 1.82) is 0 Å². The number of nitrogens with one attached hydrogen (secondary N) is 1. The van der Waals surface area contributed by atoms with Crippen LogP contribution in [-0.2, 0) is 6.42 Å². The Bertz CT molecular complexity index is 365. The second-order valence-corrected chi connectivity index (χ2v) is 4.59. The second kappa shape index (κ2) is 2.61. The summed E-state index contributed by atoms with van der Waals surface area (Å²) in [6.07, 6.45) is 3.51. The highest BCUT2D eigenvalue weighted by molar-refractivity contribution is 6.31.